The fourth-order valence-corrected chi connectivity index (χ4v) is 1.17. The molecule has 16 heavy (non-hydrogen) atoms. The lowest BCUT2D eigenvalue weighted by atomic mass is 10.4. The van der Waals surface area contributed by atoms with Crippen LogP contribution in [0.4, 0.5) is 0 Å². The average molecular weight is 227 g/mol. The van der Waals surface area contributed by atoms with E-state index in [0.717, 1.165) is 4.90 Å². The second kappa shape index (κ2) is 5.99. The number of hydrazine groups is 1. The van der Waals surface area contributed by atoms with Gasteiger partial charge >= 0.3 is 5.97 Å². The lowest BCUT2D eigenvalue weighted by Gasteiger charge is -2.14. The van der Waals surface area contributed by atoms with Gasteiger partial charge in [-0.2, -0.15) is 0 Å². The monoisotopic (exact) mass is 227 g/mol. The van der Waals surface area contributed by atoms with E-state index in [1.165, 1.54) is 12.2 Å². The van der Waals surface area contributed by atoms with Gasteiger partial charge in [0.25, 0.3) is 11.8 Å². The molecule has 0 saturated heterocycles. The van der Waals surface area contributed by atoms with Crippen molar-refractivity contribution in [3.8, 4) is 0 Å². The molecule has 0 spiro atoms. The Bertz CT molecular complexity index is 309. The van der Waals surface area contributed by atoms with Crippen molar-refractivity contribution in [2.45, 2.75) is 6.42 Å². The Morgan fingerprint density at radius 2 is 1.75 bits per heavy atom. The van der Waals surface area contributed by atoms with Crippen LogP contribution in [0.3, 0.4) is 0 Å². The number of imide groups is 1. The molecule has 1 rings (SSSR count). The number of nitrogens with one attached hydrogen (secondary N) is 2. The van der Waals surface area contributed by atoms with Gasteiger partial charge in [-0.15, -0.1) is 0 Å². The molecule has 7 nitrogen and oxygen atoms in total. The smallest absolute Gasteiger partial charge is 0.304 e. The van der Waals surface area contributed by atoms with Crippen LogP contribution < -0.4 is 10.9 Å². The van der Waals surface area contributed by atoms with Gasteiger partial charge in [0.05, 0.1) is 6.42 Å². The van der Waals surface area contributed by atoms with Gasteiger partial charge in [0.2, 0.25) is 0 Å². The van der Waals surface area contributed by atoms with Gasteiger partial charge in [0.15, 0.2) is 0 Å². The molecule has 3 N–H and O–H groups in total. The van der Waals surface area contributed by atoms with E-state index in [2.05, 4.69) is 10.9 Å². The van der Waals surface area contributed by atoms with E-state index >= 15 is 0 Å². The van der Waals surface area contributed by atoms with Gasteiger partial charge in [-0.25, -0.2) is 0 Å². The molecule has 0 aromatic heterocycles. The molecular weight excluding hydrogens is 214 g/mol. The Balaban J connectivity index is 2.05. The van der Waals surface area contributed by atoms with Crippen LogP contribution in [0, 0.1) is 0 Å². The van der Waals surface area contributed by atoms with Crippen LogP contribution in [0.25, 0.3) is 0 Å². The van der Waals surface area contributed by atoms with E-state index in [1.54, 1.807) is 0 Å². The summed E-state index contributed by atoms with van der Waals surface area (Å²) in [5.41, 5.74) is 5.39. The summed E-state index contributed by atoms with van der Waals surface area (Å²) in [5, 5.41) is 8.34. The molecule has 0 unspecified atom stereocenters. The molecule has 0 saturated carbocycles. The predicted octanol–water partition coefficient (Wildman–Crippen LogP) is -1.52. The van der Waals surface area contributed by atoms with Crippen molar-refractivity contribution in [3.05, 3.63) is 12.2 Å². The number of amides is 2. The Morgan fingerprint density at radius 1 is 1.19 bits per heavy atom. The van der Waals surface area contributed by atoms with Crippen LogP contribution in [0.2, 0.25) is 0 Å². The van der Waals surface area contributed by atoms with Crippen LogP contribution in [0.5, 0.6) is 0 Å². The molecule has 88 valence electrons. The quantitative estimate of drug-likeness (QED) is 0.277. The van der Waals surface area contributed by atoms with Crippen LogP contribution in [-0.2, 0) is 14.4 Å². The first-order valence-corrected chi connectivity index (χ1v) is 4.82. The maximum Gasteiger partial charge on any atom is 0.304 e. The third-order valence-electron chi connectivity index (χ3n) is 1.95. The molecule has 1 aliphatic heterocycles. The SMILES string of the molecule is O=C(O)CCNNCCN1C(=O)C=CC1=O. The highest BCUT2D eigenvalue weighted by Crippen LogP contribution is 2.01. The first-order chi connectivity index (χ1) is 7.61. The van der Waals surface area contributed by atoms with E-state index in [1.807, 2.05) is 0 Å². The van der Waals surface area contributed by atoms with Crippen LogP contribution in [-0.4, -0.2) is 47.4 Å². The van der Waals surface area contributed by atoms with Crippen molar-refractivity contribution < 1.29 is 19.5 Å². The number of hydrogen-bond donors (Lipinski definition) is 3. The highest BCUT2D eigenvalue weighted by molar-refractivity contribution is 6.12. The Labute approximate surface area is 92.1 Å². The molecule has 0 bridgehead atoms. The highest BCUT2D eigenvalue weighted by Gasteiger charge is 2.22. The van der Waals surface area contributed by atoms with Crippen LogP contribution in [0.1, 0.15) is 6.42 Å². The molecule has 0 fully saturated rings. The normalized spacial score (nSPS) is 14.9. The van der Waals surface area contributed by atoms with E-state index in [4.69, 9.17) is 5.11 Å². The summed E-state index contributed by atoms with van der Waals surface area (Å²) in [6, 6.07) is 0. The molecule has 1 aliphatic rings. The molecule has 0 aromatic rings. The summed E-state index contributed by atoms with van der Waals surface area (Å²) in [6.45, 7) is 0.916. The second-order valence-corrected chi connectivity index (χ2v) is 3.16. The molecule has 0 aliphatic carbocycles. The van der Waals surface area contributed by atoms with Gasteiger partial charge in [0.1, 0.15) is 0 Å². The molecule has 0 atom stereocenters. The van der Waals surface area contributed by atoms with Crippen LogP contribution in [0.15, 0.2) is 12.2 Å². The Hall–Kier alpha value is -1.73. The van der Waals surface area contributed by atoms with E-state index in [-0.39, 0.29) is 31.3 Å². The van der Waals surface area contributed by atoms with Crippen molar-refractivity contribution in [2.24, 2.45) is 0 Å². The fraction of sp³-hybridized carbons (Fsp3) is 0.444. The minimum atomic E-state index is -0.886. The largest absolute Gasteiger partial charge is 0.481 e. The Kier molecular flexibility index (Phi) is 4.62. The number of carbonyl (C=O) groups is 3. The van der Waals surface area contributed by atoms with E-state index in [0.29, 0.717) is 6.54 Å². The minimum Gasteiger partial charge on any atom is -0.481 e. The Morgan fingerprint density at radius 3 is 2.31 bits per heavy atom. The number of nitrogens with zero attached hydrogens (tertiary/aromatic N) is 1. The van der Waals surface area contributed by atoms with Gasteiger partial charge in [-0.1, -0.05) is 0 Å². The summed E-state index contributed by atoms with van der Waals surface area (Å²) < 4.78 is 0. The van der Waals surface area contributed by atoms with Crippen molar-refractivity contribution in [2.75, 3.05) is 19.6 Å². The number of rotatable bonds is 7. The van der Waals surface area contributed by atoms with Crippen LogP contribution >= 0.6 is 0 Å². The van der Waals surface area contributed by atoms with Gasteiger partial charge in [0, 0.05) is 31.8 Å². The van der Waals surface area contributed by atoms with Crippen molar-refractivity contribution >= 4 is 17.8 Å². The zero-order valence-corrected chi connectivity index (χ0v) is 8.60. The molecule has 2 amide bonds. The maximum absolute atomic E-state index is 11.1. The summed E-state index contributed by atoms with van der Waals surface area (Å²) >= 11 is 0. The van der Waals surface area contributed by atoms with E-state index in [9.17, 15) is 14.4 Å². The maximum atomic E-state index is 11.1. The predicted molar refractivity (Wildman–Crippen MR) is 54.1 cm³/mol. The lowest BCUT2D eigenvalue weighted by molar-refractivity contribution is -0.137. The van der Waals surface area contributed by atoms with Crippen molar-refractivity contribution in [3.63, 3.8) is 0 Å². The summed E-state index contributed by atoms with van der Waals surface area (Å²) in [5.74, 6) is -1.53. The zero-order valence-electron chi connectivity index (χ0n) is 8.60. The second-order valence-electron chi connectivity index (χ2n) is 3.16. The number of carbonyl (C=O) groups excluding carboxylic acids is 2. The molecular formula is C9H13N3O4. The third-order valence-corrected chi connectivity index (χ3v) is 1.95. The highest BCUT2D eigenvalue weighted by atomic mass is 16.4. The van der Waals surface area contributed by atoms with Gasteiger partial charge < -0.3 is 5.11 Å². The van der Waals surface area contributed by atoms with Gasteiger partial charge in [-0.05, 0) is 0 Å². The first kappa shape index (κ1) is 12.3. The number of hydrogen-bond acceptors (Lipinski definition) is 5. The first-order valence-electron chi connectivity index (χ1n) is 4.82. The number of carboxylic acid groups (broad SMARTS) is 1. The molecule has 1 heterocycles. The van der Waals surface area contributed by atoms with Crippen molar-refractivity contribution in [1.29, 1.82) is 0 Å². The van der Waals surface area contributed by atoms with E-state index < -0.39 is 5.97 Å². The standard InChI is InChI=1S/C9H13N3O4/c13-7-1-2-8(14)12(7)6-5-11-10-4-3-9(15)16/h1-2,10-11H,3-6H2,(H,15,16). The van der Waals surface area contributed by atoms with Crippen molar-refractivity contribution in [1.82, 2.24) is 15.8 Å². The minimum absolute atomic E-state index is 0.0101. The fourth-order valence-electron chi connectivity index (χ4n) is 1.17. The molecule has 0 radical (unpaired) electrons. The third kappa shape index (κ3) is 3.79. The molecule has 7 heteroatoms. The summed E-state index contributed by atoms with van der Waals surface area (Å²) in [7, 11) is 0. The number of aliphatic carboxylic acids is 1. The topological polar surface area (TPSA) is 98.7 Å². The summed E-state index contributed by atoms with van der Waals surface area (Å²) in [6.07, 6.45) is 2.45. The zero-order chi connectivity index (χ0) is 12.0. The summed E-state index contributed by atoms with van der Waals surface area (Å²) in [4.78, 5) is 33.4. The van der Waals surface area contributed by atoms with Gasteiger partial charge in [-0.3, -0.25) is 30.1 Å². The molecule has 0 aromatic carbocycles. The number of carboxylic acids is 1. The average Bonchev–Trinajstić information content (AvgIpc) is 2.53. The lowest BCUT2D eigenvalue weighted by Crippen LogP contribution is -2.41.